The molecular formula is C19H34N2O3. The molecule has 5 heteroatoms. The van der Waals surface area contributed by atoms with Gasteiger partial charge < -0.3 is 10.8 Å². The van der Waals surface area contributed by atoms with Gasteiger partial charge in [-0.3, -0.25) is 14.5 Å². The van der Waals surface area contributed by atoms with E-state index in [0.29, 0.717) is 25.8 Å². The summed E-state index contributed by atoms with van der Waals surface area (Å²) in [5.74, 6) is -1.59. The third kappa shape index (κ3) is 3.51. The van der Waals surface area contributed by atoms with Crippen LogP contribution in [0.2, 0.25) is 0 Å². The highest BCUT2D eigenvalue weighted by atomic mass is 16.4. The number of carbonyl (C=O) groups is 2. The van der Waals surface area contributed by atoms with Crippen LogP contribution in [0.5, 0.6) is 0 Å². The quantitative estimate of drug-likeness (QED) is 0.729. The summed E-state index contributed by atoms with van der Waals surface area (Å²) >= 11 is 0. The molecule has 3 atom stereocenters. The first-order valence-corrected chi connectivity index (χ1v) is 8.71. The van der Waals surface area contributed by atoms with Crippen LogP contribution in [-0.4, -0.2) is 40.0 Å². The van der Waals surface area contributed by atoms with E-state index in [1.54, 1.807) is 6.08 Å². The highest BCUT2D eigenvalue weighted by Crippen LogP contribution is 2.54. The topological polar surface area (TPSA) is 83.6 Å². The molecule has 0 aromatic heterocycles. The summed E-state index contributed by atoms with van der Waals surface area (Å²) in [6.07, 6.45) is 3.60. The minimum Gasteiger partial charge on any atom is -0.480 e. The van der Waals surface area contributed by atoms with Crippen molar-refractivity contribution in [2.24, 2.45) is 22.5 Å². The van der Waals surface area contributed by atoms with Crippen molar-refractivity contribution in [2.45, 2.75) is 72.4 Å². The zero-order valence-corrected chi connectivity index (χ0v) is 16.1. The molecule has 1 fully saturated rings. The number of carboxylic acid groups (broad SMARTS) is 1. The summed E-state index contributed by atoms with van der Waals surface area (Å²) in [5.41, 5.74) is 4.31. The van der Waals surface area contributed by atoms with E-state index < -0.39 is 28.7 Å². The van der Waals surface area contributed by atoms with Crippen LogP contribution >= 0.6 is 0 Å². The van der Waals surface area contributed by atoms with Crippen LogP contribution in [0.4, 0.5) is 0 Å². The highest BCUT2D eigenvalue weighted by molar-refractivity contribution is 5.84. The van der Waals surface area contributed by atoms with E-state index in [4.69, 9.17) is 5.73 Å². The van der Waals surface area contributed by atoms with Crippen molar-refractivity contribution in [1.82, 2.24) is 4.90 Å². The summed E-state index contributed by atoms with van der Waals surface area (Å²) in [6.45, 7) is 16.4. The lowest BCUT2D eigenvalue weighted by atomic mass is 9.55. The van der Waals surface area contributed by atoms with Crippen LogP contribution in [-0.2, 0) is 9.59 Å². The number of likely N-dealkylation sites (tertiary alicyclic amines) is 1. The molecule has 0 bridgehead atoms. The number of aliphatic carboxylic acids is 1. The molecule has 138 valence electrons. The fourth-order valence-electron chi connectivity index (χ4n) is 4.49. The van der Waals surface area contributed by atoms with Crippen LogP contribution in [0.3, 0.4) is 0 Å². The predicted molar refractivity (Wildman–Crippen MR) is 96.5 cm³/mol. The Morgan fingerprint density at radius 3 is 2.12 bits per heavy atom. The van der Waals surface area contributed by atoms with Crippen LogP contribution in [0.1, 0.15) is 60.8 Å². The fourth-order valence-corrected chi connectivity index (χ4v) is 4.49. The lowest BCUT2D eigenvalue weighted by molar-refractivity contribution is -0.154. The Morgan fingerprint density at radius 2 is 1.79 bits per heavy atom. The molecule has 5 nitrogen and oxygen atoms in total. The molecule has 1 heterocycles. The van der Waals surface area contributed by atoms with E-state index in [-0.39, 0.29) is 11.5 Å². The van der Waals surface area contributed by atoms with Gasteiger partial charge in [0.2, 0.25) is 5.91 Å². The van der Waals surface area contributed by atoms with Crippen molar-refractivity contribution in [3.8, 4) is 0 Å². The average molecular weight is 338 g/mol. The van der Waals surface area contributed by atoms with Gasteiger partial charge in [0, 0.05) is 11.5 Å². The fraction of sp³-hybridized carbons (Fsp3) is 0.789. The lowest BCUT2D eigenvalue weighted by Gasteiger charge is -2.49. The van der Waals surface area contributed by atoms with Gasteiger partial charge in [-0.2, -0.15) is 0 Å². The van der Waals surface area contributed by atoms with Gasteiger partial charge in [0.05, 0.1) is 5.41 Å². The number of carbonyl (C=O) groups excluding carboxylic acids is 1. The molecule has 0 saturated carbocycles. The molecule has 1 rings (SSSR count). The van der Waals surface area contributed by atoms with Crippen molar-refractivity contribution in [2.75, 3.05) is 6.54 Å². The summed E-state index contributed by atoms with van der Waals surface area (Å²) < 4.78 is 0. The number of allylic oxidation sites excluding steroid dienone is 1. The smallest absolute Gasteiger partial charge is 0.321 e. The summed E-state index contributed by atoms with van der Waals surface area (Å²) in [7, 11) is 0. The number of primary amides is 1. The number of nitrogens with two attached hydrogens (primary N) is 1. The third-order valence-corrected chi connectivity index (χ3v) is 5.67. The maximum atomic E-state index is 12.7. The average Bonchev–Trinajstić information content (AvgIpc) is 2.82. The largest absolute Gasteiger partial charge is 0.480 e. The Kier molecular flexibility index (Phi) is 5.92. The molecule has 2 unspecified atom stereocenters. The molecule has 1 aliphatic rings. The maximum Gasteiger partial charge on any atom is 0.321 e. The first kappa shape index (κ1) is 20.7. The van der Waals surface area contributed by atoms with Gasteiger partial charge >= 0.3 is 5.97 Å². The van der Waals surface area contributed by atoms with Crippen LogP contribution in [0, 0.1) is 16.7 Å². The monoisotopic (exact) mass is 338 g/mol. The molecule has 3 N–H and O–H groups in total. The summed E-state index contributed by atoms with van der Waals surface area (Å²) in [5, 5.41) is 9.94. The van der Waals surface area contributed by atoms with E-state index in [0.717, 1.165) is 0 Å². The Bertz CT molecular complexity index is 502. The van der Waals surface area contributed by atoms with E-state index in [1.807, 2.05) is 46.4 Å². The van der Waals surface area contributed by atoms with Crippen molar-refractivity contribution in [1.29, 1.82) is 0 Å². The van der Waals surface area contributed by atoms with Gasteiger partial charge in [-0.25, -0.2) is 0 Å². The van der Waals surface area contributed by atoms with E-state index in [1.165, 1.54) is 0 Å². The summed E-state index contributed by atoms with van der Waals surface area (Å²) in [6, 6.07) is -0.707. The zero-order valence-electron chi connectivity index (χ0n) is 16.1. The standard InChI is InChI=1S/C19H34N2O3/c1-8-9-11-19(16(20)24,17(2,3)4)13-10-12-21(18(5,6)7)14(13)15(22)23/h8,13-14H,1,9-12H2,2-7H3,(H2,20,24)(H,22,23)/t13-,14?,19?/m0/s1. The van der Waals surface area contributed by atoms with Crippen LogP contribution < -0.4 is 5.73 Å². The van der Waals surface area contributed by atoms with Gasteiger partial charge in [-0.15, -0.1) is 6.58 Å². The Hall–Kier alpha value is -1.36. The second kappa shape index (κ2) is 6.87. The van der Waals surface area contributed by atoms with Crippen molar-refractivity contribution in [3.63, 3.8) is 0 Å². The van der Waals surface area contributed by atoms with Crippen LogP contribution in [0.15, 0.2) is 12.7 Å². The molecule has 1 aliphatic heterocycles. The molecule has 0 aliphatic carbocycles. The van der Waals surface area contributed by atoms with E-state index >= 15 is 0 Å². The minimum atomic E-state index is -0.885. The molecule has 0 aromatic carbocycles. The van der Waals surface area contributed by atoms with Crippen molar-refractivity contribution < 1.29 is 14.7 Å². The van der Waals surface area contributed by atoms with Gasteiger partial charge in [0.25, 0.3) is 0 Å². The van der Waals surface area contributed by atoms with Gasteiger partial charge in [0.15, 0.2) is 0 Å². The molecule has 1 saturated heterocycles. The number of hydrogen-bond donors (Lipinski definition) is 2. The third-order valence-electron chi connectivity index (χ3n) is 5.67. The Morgan fingerprint density at radius 1 is 1.25 bits per heavy atom. The highest BCUT2D eigenvalue weighted by Gasteiger charge is 2.59. The second-order valence-corrected chi connectivity index (χ2v) is 8.96. The Balaban J connectivity index is 3.49. The number of hydrogen-bond acceptors (Lipinski definition) is 3. The minimum absolute atomic E-state index is 0.280. The molecule has 0 aromatic rings. The lowest BCUT2D eigenvalue weighted by Crippen LogP contribution is -2.58. The number of rotatable bonds is 6. The predicted octanol–water partition coefficient (Wildman–Crippen LogP) is 3.04. The Labute approximate surface area is 146 Å². The van der Waals surface area contributed by atoms with Crippen molar-refractivity contribution >= 4 is 11.9 Å². The van der Waals surface area contributed by atoms with Gasteiger partial charge in [-0.05, 0) is 52.0 Å². The molecule has 24 heavy (non-hydrogen) atoms. The first-order valence-electron chi connectivity index (χ1n) is 8.71. The van der Waals surface area contributed by atoms with Crippen molar-refractivity contribution in [3.05, 3.63) is 12.7 Å². The normalized spacial score (nSPS) is 25.2. The molecule has 0 spiro atoms. The molecule has 1 amide bonds. The number of carboxylic acids is 1. The van der Waals surface area contributed by atoms with Gasteiger partial charge in [0.1, 0.15) is 6.04 Å². The number of amides is 1. The summed E-state index contributed by atoms with van der Waals surface area (Å²) in [4.78, 5) is 26.8. The second-order valence-electron chi connectivity index (χ2n) is 8.96. The zero-order chi connectivity index (χ0) is 18.9. The van der Waals surface area contributed by atoms with Crippen LogP contribution in [0.25, 0.3) is 0 Å². The molecular weight excluding hydrogens is 304 g/mol. The van der Waals surface area contributed by atoms with E-state index in [9.17, 15) is 14.7 Å². The number of nitrogens with zero attached hydrogens (tertiary/aromatic N) is 1. The first-order chi connectivity index (χ1) is 10.8. The molecule has 0 radical (unpaired) electrons. The maximum absolute atomic E-state index is 12.7. The SMILES string of the molecule is C=CCCC(C(N)=O)([C@H]1CCN(C(C)(C)C)C1C(=O)O)C(C)(C)C. The van der Waals surface area contributed by atoms with Gasteiger partial charge in [-0.1, -0.05) is 26.8 Å². The van der Waals surface area contributed by atoms with E-state index in [2.05, 4.69) is 6.58 Å².